The van der Waals surface area contributed by atoms with Crippen molar-refractivity contribution in [1.82, 2.24) is 15.5 Å². The standard InChI is InChI=1S/C24H34N4O6/c1-9-28(21(32)16(13-17(25)29)26-22(33)34-24(6,7)8)18(20(31)27-23(3,4)5)15-12-10-11-14(2)19(15)30/h1,10-12,16,18,30H,13H2,2-8H3,(H2,25,29)(H,26,33)(H,27,31). The van der Waals surface area contributed by atoms with Gasteiger partial charge in [0.1, 0.15) is 17.4 Å². The van der Waals surface area contributed by atoms with Crippen molar-refractivity contribution < 1.29 is 29.0 Å². The number of phenolic OH excluding ortho intramolecular Hbond substituents is 1. The normalized spacial score (nSPS) is 13.1. The van der Waals surface area contributed by atoms with Gasteiger partial charge in [0.2, 0.25) is 11.8 Å². The summed E-state index contributed by atoms with van der Waals surface area (Å²) in [5.74, 6) is -2.74. The summed E-state index contributed by atoms with van der Waals surface area (Å²) in [4.78, 5) is 51.4. The van der Waals surface area contributed by atoms with Gasteiger partial charge in [0.15, 0.2) is 6.04 Å². The van der Waals surface area contributed by atoms with Crippen LogP contribution < -0.4 is 16.4 Å². The van der Waals surface area contributed by atoms with E-state index in [1.165, 1.54) is 6.07 Å². The van der Waals surface area contributed by atoms with E-state index in [1.54, 1.807) is 60.6 Å². The third kappa shape index (κ3) is 8.31. The Bertz CT molecular complexity index is 985. The van der Waals surface area contributed by atoms with Crippen LogP contribution in [0.2, 0.25) is 0 Å². The fraction of sp³-hybridized carbons (Fsp3) is 0.500. The van der Waals surface area contributed by atoms with Crippen LogP contribution >= 0.6 is 0 Å². The second kappa shape index (κ2) is 10.9. The number of nitrogens with zero attached hydrogens (tertiary/aromatic N) is 1. The molecule has 10 heteroatoms. The number of rotatable bonds is 7. The lowest BCUT2D eigenvalue weighted by Crippen LogP contribution is -2.54. The zero-order valence-corrected chi connectivity index (χ0v) is 20.7. The zero-order chi connectivity index (χ0) is 26.4. The van der Waals surface area contributed by atoms with Crippen LogP contribution in [0.1, 0.15) is 65.1 Å². The van der Waals surface area contributed by atoms with Crippen molar-refractivity contribution in [2.45, 2.75) is 78.1 Å². The van der Waals surface area contributed by atoms with E-state index in [4.69, 9.17) is 16.9 Å². The molecule has 34 heavy (non-hydrogen) atoms. The second-order valence-corrected chi connectivity index (χ2v) is 9.86. The van der Waals surface area contributed by atoms with Gasteiger partial charge in [-0.2, -0.15) is 0 Å². The summed E-state index contributed by atoms with van der Waals surface area (Å²) in [7, 11) is 0. The van der Waals surface area contributed by atoms with Crippen molar-refractivity contribution in [2.75, 3.05) is 0 Å². The number of amides is 4. The topological polar surface area (TPSA) is 151 Å². The first-order valence-electron chi connectivity index (χ1n) is 10.6. The summed E-state index contributed by atoms with van der Waals surface area (Å²) in [6.45, 7) is 11.7. The average Bonchev–Trinajstić information content (AvgIpc) is 2.64. The number of carbonyl (C=O) groups excluding carboxylic acids is 4. The van der Waals surface area contributed by atoms with Crippen molar-refractivity contribution >= 4 is 23.8 Å². The van der Waals surface area contributed by atoms with Crippen LogP contribution in [0.5, 0.6) is 5.75 Å². The summed E-state index contributed by atoms with van der Waals surface area (Å²) in [6, 6.07) is 3.86. The Labute approximate surface area is 200 Å². The van der Waals surface area contributed by atoms with Crippen molar-refractivity contribution in [2.24, 2.45) is 5.73 Å². The molecule has 0 aliphatic rings. The summed E-state index contributed by atoms with van der Waals surface area (Å²) in [5.41, 5.74) is 4.23. The number of terminal acetylenes is 1. The number of para-hydroxylation sites is 1. The highest BCUT2D eigenvalue weighted by molar-refractivity contribution is 5.96. The molecule has 0 saturated carbocycles. The lowest BCUT2D eigenvalue weighted by molar-refractivity contribution is -0.140. The van der Waals surface area contributed by atoms with Gasteiger partial charge in [-0.1, -0.05) is 24.6 Å². The first-order chi connectivity index (χ1) is 15.5. The number of hydrogen-bond acceptors (Lipinski definition) is 6. The van der Waals surface area contributed by atoms with Gasteiger partial charge in [-0.25, -0.2) is 4.79 Å². The van der Waals surface area contributed by atoms with Crippen molar-refractivity contribution in [3.05, 3.63) is 29.3 Å². The third-order valence-electron chi connectivity index (χ3n) is 4.34. The maximum absolute atomic E-state index is 13.4. The molecule has 10 nitrogen and oxygen atoms in total. The van der Waals surface area contributed by atoms with E-state index in [1.807, 2.05) is 0 Å². The Morgan fingerprint density at radius 1 is 1.18 bits per heavy atom. The fourth-order valence-corrected chi connectivity index (χ4v) is 3.02. The van der Waals surface area contributed by atoms with Crippen LogP contribution in [0.15, 0.2) is 18.2 Å². The van der Waals surface area contributed by atoms with E-state index in [0.717, 1.165) is 4.90 Å². The number of aromatic hydroxyl groups is 1. The monoisotopic (exact) mass is 474 g/mol. The van der Waals surface area contributed by atoms with Gasteiger partial charge in [0.25, 0.3) is 5.91 Å². The Hall–Kier alpha value is -3.74. The molecule has 0 bridgehead atoms. The van der Waals surface area contributed by atoms with E-state index in [-0.39, 0.29) is 11.3 Å². The number of benzene rings is 1. The van der Waals surface area contributed by atoms with Gasteiger partial charge in [0, 0.05) is 17.1 Å². The van der Waals surface area contributed by atoms with Crippen LogP contribution in [0, 0.1) is 19.4 Å². The molecule has 0 aliphatic heterocycles. The molecule has 2 atom stereocenters. The predicted octanol–water partition coefficient (Wildman–Crippen LogP) is 1.84. The highest BCUT2D eigenvalue weighted by Gasteiger charge is 2.38. The number of carbonyl (C=O) groups is 4. The lowest BCUT2D eigenvalue weighted by atomic mass is 9.98. The van der Waals surface area contributed by atoms with Gasteiger partial charge in [-0.3, -0.25) is 19.3 Å². The molecule has 4 amide bonds. The fourth-order valence-electron chi connectivity index (χ4n) is 3.02. The van der Waals surface area contributed by atoms with E-state index >= 15 is 0 Å². The Balaban J connectivity index is 3.51. The smallest absolute Gasteiger partial charge is 0.408 e. The number of hydrogen-bond donors (Lipinski definition) is 4. The Morgan fingerprint density at radius 2 is 1.76 bits per heavy atom. The molecular weight excluding hydrogens is 440 g/mol. The first kappa shape index (κ1) is 28.3. The molecule has 5 N–H and O–H groups in total. The molecule has 1 aromatic carbocycles. The Kier molecular flexibility index (Phi) is 9.09. The molecular formula is C24H34N4O6. The minimum atomic E-state index is -1.51. The summed E-state index contributed by atoms with van der Waals surface area (Å²) in [6.07, 6.45) is 4.07. The van der Waals surface area contributed by atoms with Crippen LogP contribution in [-0.4, -0.2) is 51.0 Å². The number of phenols is 1. The lowest BCUT2D eigenvalue weighted by Gasteiger charge is -2.32. The zero-order valence-electron chi connectivity index (χ0n) is 20.7. The maximum atomic E-state index is 13.4. The molecule has 2 unspecified atom stereocenters. The first-order valence-corrected chi connectivity index (χ1v) is 10.6. The highest BCUT2D eigenvalue weighted by atomic mass is 16.6. The van der Waals surface area contributed by atoms with Gasteiger partial charge in [0.05, 0.1) is 6.42 Å². The van der Waals surface area contributed by atoms with E-state index in [0.29, 0.717) is 5.56 Å². The van der Waals surface area contributed by atoms with Crippen LogP contribution in [0.3, 0.4) is 0 Å². The molecule has 1 rings (SSSR count). The molecule has 1 aromatic rings. The predicted molar refractivity (Wildman–Crippen MR) is 126 cm³/mol. The third-order valence-corrected chi connectivity index (χ3v) is 4.34. The van der Waals surface area contributed by atoms with E-state index in [2.05, 4.69) is 16.7 Å². The van der Waals surface area contributed by atoms with Crippen LogP contribution in [0.4, 0.5) is 4.79 Å². The van der Waals surface area contributed by atoms with Gasteiger partial charge in [-0.15, -0.1) is 0 Å². The number of primary amides is 1. The highest BCUT2D eigenvalue weighted by Crippen LogP contribution is 2.32. The number of nitrogens with two attached hydrogens (primary N) is 1. The van der Waals surface area contributed by atoms with Crippen LogP contribution in [-0.2, 0) is 19.1 Å². The molecule has 0 heterocycles. The van der Waals surface area contributed by atoms with Crippen molar-refractivity contribution in [3.63, 3.8) is 0 Å². The summed E-state index contributed by atoms with van der Waals surface area (Å²) >= 11 is 0. The molecule has 0 radical (unpaired) electrons. The number of nitrogens with one attached hydrogen (secondary N) is 2. The molecule has 0 fully saturated rings. The van der Waals surface area contributed by atoms with Crippen molar-refractivity contribution in [3.8, 4) is 18.2 Å². The van der Waals surface area contributed by atoms with Gasteiger partial charge >= 0.3 is 6.09 Å². The SMILES string of the molecule is C#CN(C(=O)C(CC(N)=O)NC(=O)OC(C)(C)C)C(C(=O)NC(C)(C)C)c1cccc(C)c1O. The van der Waals surface area contributed by atoms with Gasteiger partial charge < -0.3 is 26.2 Å². The number of aryl methyl sites for hydroxylation is 1. The molecule has 0 aliphatic carbocycles. The second-order valence-electron chi connectivity index (χ2n) is 9.86. The van der Waals surface area contributed by atoms with Crippen molar-refractivity contribution in [1.29, 1.82) is 0 Å². The van der Waals surface area contributed by atoms with E-state index in [9.17, 15) is 24.3 Å². The average molecular weight is 475 g/mol. The molecule has 0 saturated heterocycles. The minimum Gasteiger partial charge on any atom is -0.507 e. The summed E-state index contributed by atoms with van der Waals surface area (Å²) in [5, 5.41) is 15.7. The number of ether oxygens (including phenoxy) is 1. The van der Waals surface area contributed by atoms with Crippen LogP contribution in [0.25, 0.3) is 0 Å². The summed E-state index contributed by atoms with van der Waals surface area (Å²) < 4.78 is 5.16. The molecule has 0 aromatic heterocycles. The largest absolute Gasteiger partial charge is 0.507 e. The van der Waals surface area contributed by atoms with Gasteiger partial charge in [-0.05, 0) is 54.0 Å². The maximum Gasteiger partial charge on any atom is 0.408 e. The quantitative estimate of drug-likeness (QED) is 0.350. The minimum absolute atomic E-state index is 0.0724. The molecule has 0 spiro atoms. The Morgan fingerprint density at radius 3 is 2.24 bits per heavy atom. The number of alkyl carbamates (subject to hydrolysis) is 1. The van der Waals surface area contributed by atoms with E-state index < -0.39 is 53.5 Å². The molecule has 186 valence electrons.